The molecule has 0 heterocycles. The number of amides is 1. The lowest BCUT2D eigenvalue weighted by molar-refractivity contribution is -0.121. The van der Waals surface area contributed by atoms with Crippen LogP contribution in [0.15, 0.2) is 0 Å². The van der Waals surface area contributed by atoms with E-state index in [1.165, 1.54) is 6.42 Å². The lowest BCUT2D eigenvalue weighted by atomic mass is 9.84. The van der Waals surface area contributed by atoms with Gasteiger partial charge in [-0.15, -0.1) is 0 Å². The smallest absolute Gasteiger partial charge is 0.219 e. The average molecular weight is 213 g/mol. The molecular formula is C12H23NO2. The van der Waals surface area contributed by atoms with Gasteiger partial charge in [0.15, 0.2) is 0 Å². The van der Waals surface area contributed by atoms with Gasteiger partial charge in [0.2, 0.25) is 5.91 Å². The first kappa shape index (κ1) is 12.5. The van der Waals surface area contributed by atoms with Gasteiger partial charge >= 0.3 is 0 Å². The summed E-state index contributed by atoms with van der Waals surface area (Å²) in [4.78, 5) is 11.2. The van der Waals surface area contributed by atoms with Crippen LogP contribution in [0.1, 0.15) is 51.9 Å². The predicted octanol–water partition coefficient (Wildman–Crippen LogP) is 1.84. The van der Waals surface area contributed by atoms with E-state index in [0.29, 0.717) is 12.3 Å². The minimum atomic E-state index is -0.137. The van der Waals surface area contributed by atoms with Crippen molar-refractivity contribution in [3.05, 3.63) is 0 Å². The largest absolute Gasteiger partial charge is 0.393 e. The second-order valence-electron chi connectivity index (χ2n) is 4.50. The predicted molar refractivity (Wildman–Crippen MR) is 60.5 cm³/mol. The van der Waals surface area contributed by atoms with Crippen molar-refractivity contribution in [3.63, 3.8) is 0 Å². The SMILES string of the molecule is CCCC(=O)NCCC1CCCCC1O. The molecule has 88 valence electrons. The van der Waals surface area contributed by atoms with Gasteiger partial charge in [0.25, 0.3) is 0 Å². The third-order valence-corrected chi connectivity index (χ3v) is 3.18. The van der Waals surface area contributed by atoms with Crippen LogP contribution in [0, 0.1) is 5.92 Å². The Hall–Kier alpha value is -0.570. The van der Waals surface area contributed by atoms with Crippen molar-refractivity contribution in [2.24, 2.45) is 5.92 Å². The zero-order valence-corrected chi connectivity index (χ0v) is 9.67. The molecule has 2 N–H and O–H groups in total. The van der Waals surface area contributed by atoms with Crippen molar-refractivity contribution in [1.82, 2.24) is 5.32 Å². The van der Waals surface area contributed by atoms with E-state index in [1.54, 1.807) is 0 Å². The zero-order chi connectivity index (χ0) is 11.1. The maximum atomic E-state index is 11.2. The van der Waals surface area contributed by atoms with Crippen molar-refractivity contribution in [3.8, 4) is 0 Å². The Morgan fingerprint density at radius 1 is 1.40 bits per heavy atom. The fourth-order valence-electron chi connectivity index (χ4n) is 2.24. The molecule has 3 heteroatoms. The molecule has 1 aliphatic rings. The summed E-state index contributed by atoms with van der Waals surface area (Å²) in [6, 6.07) is 0. The van der Waals surface area contributed by atoms with Crippen LogP contribution in [0.2, 0.25) is 0 Å². The average Bonchev–Trinajstić information content (AvgIpc) is 2.21. The number of aliphatic hydroxyl groups is 1. The summed E-state index contributed by atoms with van der Waals surface area (Å²) >= 11 is 0. The van der Waals surface area contributed by atoms with Crippen molar-refractivity contribution in [2.75, 3.05) is 6.54 Å². The number of nitrogens with one attached hydrogen (secondary N) is 1. The van der Waals surface area contributed by atoms with Crippen molar-refractivity contribution >= 4 is 5.91 Å². The molecule has 2 unspecified atom stereocenters. The van der Waals surface area contributed by atoms with Crippen molar-refractivity contribution < 1.29 is 9.90 Å². The molecule has 0 aromatic heterocycles. The standard InChI is InChI=1S/C12H23NO2/c1-2-5-12(15)13-9-8-10-6-3-4-7-11(10)14/h10-11,14H,2-9H2,1H3,(H,13,15). The van der Waals surface area contributed by atoms with E-state index in [4.69, 9.17) is 0 Å². The maximum absolute atomic E-state index is 11.2. The zero-order valence-electron chi connectivity index (χ0n) is 9.67. The summed E-state index contributed by atoms with van der Waals surface area (Å²) in [6.45, 7) is 2.73. The molecule has 0 spiro atoms. The molecular weight excluding hydrogens is 190 g/mol. The summed E-state index contributed by atoms with van der Waals surface area (Å²) in [5, 5.41) is 12.6. The van der Waals surface area contributed by atoms with E-state index in [9.17, 15) is 9.90 Å². The Morgan fingerprint density at radius 3 is 2.80 bits per heavy atom. The first-order chi connectivity index (χ1) is 7.24. The van der Waals surface area contributed by atoms with Gasteiger partial charge in [-0.1, -0.05) is 19.8 Å². The van der Waals surface area contributed by atoms with Gasteiger partial charge < -0.3 is 10.4 Å². The molecule has 3 nitrogen and oxygen atoms in total. The van der Waals surface area contributed by atoms with Crippen LogP contribution in [0.3, 0.4) is 0 Å². The van der Waals surface area contributed by atoms with Crippen molar-refractivity contribution in [2.45, 2.75) is 58.0 Å². The number of rotatable bonds is 5. The number of carbonyl (C=O) groups excluding carboxylic acids is 1. The van der Waals surface area contributed by atoms with Crippen LogP contribution in [0.4, 0.5) is 0 Å². The van der Waals surface area contributed by atoms with E-state index >= 15 is 0 Å². The highest BCUT2D eigenvalue weighted by atomic mass is 16.3. The van der Waals surface area contributed by atoms with Crippen LogP contribution in [0.5, 0.6) is 0 Å². The first-order valence-corrected chi connectivity index (χ1v) is 6.18. The van der Waals surface area contributed by atoms with E-state index in [-0.39, 0.29) is 12.0 Å². The van der Waals surface area contributed by atoms with Crippen LogP contribution in [-0.4, -0.2) is 23.7 Å². The first-order valence-electron chi connectivity index (χ1n) is 6.18. The van der Waals surface area contributed by atoms with Crippen LogP contribution < -0.4 is 5.32 Å². The third kappa shape index (κ3) is 4.65. The maximum Gasteiger partial charge on any atom is 0.219 e. The summed E-state index contributed by atoms with van der Waals surface area (Å²) < 4.78 is 0. The molecule has 1 saturated carbocycles. The summed E-state index contributed by atoms with van der Waals surface area (Å²) in [5.41, 5.74) is 0. The molecule has 15 heavy (non-hydrogen) atoms. The molecule has 1 rings (SSSR count). The second kappa shape index (κ2) is 6.83. The van der Waals surface area contributed by atoms with Crippen LogP contribution in [0.25, 0.3) is 0 Å². The topological polar surface area (TPSA) is 49.3 Å². The van der Waals surface area contributed by atoms with Gasteiger partial charge in [0.05, 0.1) is 6.10 Å². The molecule has 1 amide bonds. The molecule has 1 aliphatic carbocycles. The molecule has 0 saturated heterocycles. The van der Waals surface area contributed by atoms with E-state index in [1.807, 2.05) is 6.92 Å². The van der Waals surface area contributed by atoms with Gasteiger partial charge in [-0.25, -0.2) is 0 Å². The Labute approximate surface area is 92.3 Å². The third-order valence-electron chi connectivity index (χ3n) is 3.18. The van der Waals surface area contributed by atoms with Gasteiger partial charge in [-0.05, 0) is 31.6 Å². The molecule has 0 aliphatic heterocycles. The Morgan fingerprint density at radius 2 is 2.13 bits per heavy atom. The minimum absolute atomic E-state index is 0.137. The molecule has 0 bridgehead atoms. The van der Waals surface area contributed by atoms with Crippen LogP contribution in [-0.2, 0) is 4.79 Å². The normalized spacial score (nSPS) is 26.3. The van der Waals surface area contributed by atoms with Gasteiger partial charge in [-0.2, -0.15) is 0 Å². The number of hydrogen-bond acceptors (Lipinski definition) is 2. The lowest BCUT2D eigenvalue weighted by Gasteiger charge is -2.27. The van der Waals surface area contributed by atoms with Gasteiger partial charge in [-0.3, -0.25) is 4.79 Å². The summed E-state index contributed by atoms with van der Waals surface area (Å²) in [7, 11) is 0. The summed E-state index contributed by atoms with van der Waals surface area (Å²) in [5.74, 6) is 0.545. The summed E-state index contributed by atoms with van der Waals surface area (Å²) in [6.07, 6.45) is 6.74. The Kier molecular flexibility index (Phi) is 5.69. The van der Waals surface area contributed by atoms with E-state index in [2.05, 4.69) is 5.32 Å². The van der Waals surface area contributed by atoms with Crippen LogP contribution >= 0.6 is 0 Å². The second-order valence-corrected chi connectivity index (χ2v) is 4.50. The quantitative estimate of drug-likeness (QED) is 0.732. The van der Waals surface area contributed by atoms with E-state index in [0.717, 1.165) is 38.6 Å². The minimum Gasteiger partial charge on any atom is -0.393 e. The number of aliphatic hydroxyl groups excluding tert-OH is 1. The Bertz CT molecular complexity index is 194. The number of carbonyl (C=O) groups is 1. The Balaban J connectivity index is 2.10. The fraction of sp³-hybridized carbons (Fsp3) is 0.917. The highest BCUT2D eigenvalue weighted by Crippen LogP contribution is 2.26. The molecule has 1 fully saturated rings. The number of hydrogen-bond donors (Lipinski definition) is 2. The monoisotopic (exact) mass is 213 g/mol. The van der Waals surface area contributed by atoms with Gasteiger partial charge in [0, 0.05) is 13.0 Å². The highest BCUT2D eigenvalue weighted by Gasteiger charge is 2.22. The molecule has 0 radical (unpaired) electrons. The molecule has 2 atom stereocenters. The lowest BCUT2D eigenvalue weighted by Crippen LogP contribution is -2.30. The van der Waals surface area contributed by atoms with Crippen molar-refractivity contribution in [1.29, 1.82) is 0 Å². The fourth-order valence-corrected chi connectivity index (χ4v) is 2.24. The van der Waals surface area contributed by atoms with E-state index < -0.39 is 0 Å². The highest BCUT2D eigenvalue weighted by molar-refractivity contribution is 5.75. The molecule has 0 aromatic rings. The van der Waals surface area contributed by atoms with Gasteiger partial charge in [0.1, 0.15) is 0 Å². The molecule has 0 aromatic carbocycles.